The van der Waals surface area contributed by atoms with Gasteiger partial charge in [0, 0.05) is 23.1 Å². The number of nitrogens with zero attached hydrogens (tertiary/aromatic N) is 4. The van der Waals surface area contributed by atoms with E-state index in [0.717, 1.165) is 17.2 Å². The van der Waals surface area contributed by atoms with Gasteiger partial charge in [-0.1, -0.05) is 0 Å². The summed E-state index contributed by atoms with van der Waals surface area (Å²) in [5, 5.41) is 10.0. The molecule has 0 radical (unpaired) electrons. The maximum atomic E-state index is 11.4. The van der Waals surface area contributed by atoms with Gasteiger partial charge in [-0.25, -0.2) is 9.78 Å². The molecule has 0 atom stereocenters. The van der Waals surface area contributed by atoms with Crippen molar-refractivity contribution in [1.29, 1.82) is 0 Å². The highest BCUT2D eigenvalue weighted by molar-refractivity contribution is 5.84. The Morgan fingerprint density at radius 3 is 2.74 bits per heavy atom. The Morgan fingerprint density at radius 2 is 2.00 bits per heavy atom. The molecule has 0 unspecified atom stereocenters. The van der Waals surface area contributed by atoms with Crippen LogP contribution in [0.4, 0.5) is 22.0 Å². The fourth-order valence-corrected chi connectivity index (χ4v) is 2.09. The lowest BCUT2D eigenvalue weighted by Crippen LogP contribution is -2.13. The van der Waals surface area contributed by atoms with Gasteiger partial charge in [0.2, 0.25) is 0 Å². The second kappa shape index (κ2) is 6.30. The first-order valence-electron chi connectivity index (χ1n) is 7.14. The molecule has 8 heteroatoms. The molecule has 118 valence electrons. The van der Waals surface area contributed by atoms with Crippen molar-refractivity contribution in [3.8, 4) is 0 Å². The van der Waals surface area contributed by atoms with Gasteiger partial charge in [-0.15, -0.1) is 0 Å². The first-order valence-corrected chi connectivity index (χ1v) is 7.14. The topological polar surface area (TPSA) is 93.4 Å². The number of aromatic nitrogens is 4. The van der Waals surface area contributed by atoms with E-state index in [-0.39, 0.29) is 0 Å². The van der Waals surface area contributed by atoms with Crippen LogP contribution in [0.2, 0.25) is 0 Å². The zero-order valence-electron chi connectivity index (χ0n) is 12.8. The summed E-state index contributed by atoms with van der Waals surface area (Å²) >= 11 is 0. The van der Waals surface area contributed by atoms with E-state index in [9.17, 15) is 4.79 Å². The molecule has 3 aromatic rings. The Kier molecular flexibility index (Phi) is 4.05. The molecule has 0 saturated heterocycles. The lowest BCUT2D eigenvalue weighted by molar-refractivity contribution is 0.168. The van der Waals surface area contributed by atoms with Crippen molar-refractivity contribution in [2.24, 2.45) is 0 Å². The average Bonchev–Trinajstić information content (AvgIpc) is 2.98. The van der Waals surface area contributed by atoms with E-state index in [1.54, 1.807) is 23.6 Å². The third-order valence-electron chi connectivity index (χ3n) is 3.06. The van der Waals surface area contributed by atoms with E-state index in [0.29, 0.717) is 18.1 Å². The fraction of sp³-hybridized carbons (Fsp3) is 0.200. The SMILES string of the molecule is CCOC(=O)Nc1ccc(Nc2cc(C)nc3ncnn23)cc1. The van der Waals surface area contributed by atoms with Crippen LogP contribution < -0.4 is 10.6 Å². The van der Waals surface area contributed by atoms with Crippen LogP contribution in [0.1, 0.15) is 12.6 Å². The molecular weight excluding hydrogens is 296 g/mol. The average molecular weight is 312 g/mol. The van der Waals surface area contributed by atoms with Gasteiger partial charge in [-0.2, -0.15) is 14.6 Å². The van der Waals surface area contributed by atoms with Gasteiger partial charge in [0.1, 0.15) is 12.1 Å². The van der Waals surface area contributed by atoms with E-state index < -0.39 is 6.09 Å². The maximum absolute atomic E-state index is 11.4. The third kappa shape index (κ3) is 3.37. The molecule has 0 aliphatic carbocycles. The second-order valence-electron chi connectivity index (χ2n) is 4.80. The van der Waals surface area contributed by atoms with Crippen molar-refractivity contribution in [3.63, 3.8) is 0 Å². The van der Waals surface area contributed by atoms with Crippen molar-refractivity contribution in [3.05, 3.63) is 42.4 Å². The molecule has 0 saturated carbocycles. The molecule has 8 nitrogen and oxygen atoms in total. The summed E-state index contributed by atoms with van der Waals surface area (Å²) in [6.07, 6.45) is 0.988. The maximum Gasteiger partial charge on any atom is 0.411 e. The molecule has 1 amide bonds. The van der Waals surface area contributed by atoms with Crippen molar-refractivity contribution in [2.45, 2.75) is 13.8 Å². The largest absolute Gasteiger partial charge is 0.450 e. The number of aryl methyl sites for hydroxylation is 1. The molecule has 0 aliphatic rings. The molecule has 0 aliphatic heterocycles. The number of rotatable bonds is 4. The zero-order chi connectivity index (χ0) is 16.2. The monoisotopic (exact) mass is 312 g/mol. The van der Waals surface area contributed by atoms with E-state index in [1.807, 2.05) is 25.1 Å². The summed E-state index contributed by atoms with van der Waals surface area (Å²) < 4.78 is 6.46. The molecule has 3 rings (SSSR count). The predicted octanol–water partition coefficient (Wildman–Crippen LogP) is 2.74. The summed E-state index contributed by atoms with van der Waals surface area (Å²) in [5.41, 5.74) is 2.35. The van der Waals surface area contributed by atoms with Crippen LogP contribution in [0.3, 0.4) is 0 Å². The van der Waals surface area contributed by atoms with Gasteiger partial charge in [-0.05, 0) is 38.1 Å². The molecule has 2 N–H and O–H groups in total. The molecular formula is C15H16N6O2. The standard InChI is InChI=1S/C15H16N6O2/c1-3-23-15(22)20-12-6-4-11(5-7-12)19-13-8-10(2)18-14-16-9-17-21(13)14/h4-9,19H,3H2,1-2H3,(H,20,22). The van der Waals surface area contributed by atoms with Crippen LogP contribution in [0.25, 0.3) is 5.78 Å². The number of carbonyl (C=O) groups excluding carboxylic acids is 1. The van der Waals surface area contributed by atoms with Crippen molar-refractivity contribution in [2.75, 3.05) is 17.2 Å². The minimum atomic E-state index is -0.470. The van der Waals surface area contributed by atoms with Crippen molar-refractivity contribution in [1.82, 2.24) is 19.6 Å². The van der Waals surface area contributed by atoms with Gasteiger partial charge < -0.3 is 10.1 Å². The van der Waals surface area contributed by atoms with Crippen LogP contribution in [0, 0.1) is 6.92 Å². The van der Waals surface area contributed by atoms with Crippen molar-refractivity contribution < 1.29 is 9.53 Å². The van der Waals surface area contributed by atoms with Crippen LogP contribution in [-0.2, 0) is 4.74 Å². The lowest BCUT2D eigenvalue weighted by atomic mass is 10.3. The number of hydrogen-bond acceptors (Lipinski definition) is 6. The van der Waals surface area contributed by atoms with Gasteiger partial charge in [0.05, 0.1) is 6.61 Å². The highest BCUT2D eigenvalue weighted by atomic mass is 16.5. The lowest BCUT2D eigenvalue weighted by Gasteiger charge is -2.10. The fourth-order valence-electron chi connectivity index (χ4n) is 2.09. The molecule has 2 aromatic heterocycles. The predicted molar refractivity (Wildman–Crippen MR) is 85.9 cm³/mol. The number of hydrogen-bond donors (Lipinski definition) is 2. The Labute approximate surface area is 132 Å². The van der Waals surface area contributed by atoms with E-state index >= 15 is 0 Å². The molecule has 2 heterocycles. The number of fused-ring (bicyclic) bond motifs is 1. The molecule has 1 aromatic carbocycles. The van der Waals surface area contributed by atoms with Crippen LogP contribution in [0.15, 0.2) is 36.7 Å². The number of amides is 1. The van der Waals surface area contributed by atoms with Crippen LogP contribution in [-0.4, -0.2) is 32.3 Å². The third-order valence-corrected chi connectivity index (χ3v) is 3.06. The van der Waals surface area contributed by atoms with Gasteiger partial charge in [-0.3, -0.25) is 5.32 Å². The Hall–Kier alpha value is -3.16. The number of ether oxygens (including phenoxy) is 1. The normalized spacial score (nSPS) is 10.5. The molecule has 0 fully saturated rings. The van der Waals surface area contributed by atoms with Gasteiger partial charge in [0.15, 0.2) is 0 Å². The number of carbonyl (C=O) groups is 1. The van der Waals surface area contributed by atoms with Gasteiger partial charge in [0.25, 0.3) is 5.78 Å². The van der Waals surface area contributed by atoms with Crippen LogP contribution in [0.5, 0.6) is 0 Å². The number of nitrogens with one attached hydrogen (secondary N) is 2. The summed E-state index contributed by atoms with van der Waals surface area (Å²) in [6, 6.07) is 9.14. The summed E-state index contributed by atoms with van der Waals surface area (Å²) in [4.78, 5) is 19.7. The molecule has 0 spiro atoms. The minimum Gasteiger partial charge on any atom is -0.450 e. The first-order chi connectivity index (χ1) is 11.2. The quantitative estimate of drug-likeness (QED) is 0.769. The smallest absolute Gasteiger partial charge is 0.411 e. The van der Waals surface area contributed by atoms with E-state index in [1.165, 1.54) is 6.33 Å². The van der Waals surface area contributed by atoms with E-state index in [2.05, 4.69) is 25.7 Å². The second-order valence-corrected chi connectivity index (χ2v) is 4.80. The summed E-state index contributed by atoms with van der Waals surface area (Å²) in [7, 11) is 0. The molecule has 0 bridgehead atoms. The number of benzene rings is 1. The Bertz CT molecular complexity index is 828. The summed E-state index contributed by atoms with van der Waals surface area (Å²) in [6.45, 7) is 3.99. The zero-order valence-corrected chi connectivity index (χ0v) is 12.8. The van der Waals surface area contributed by atoms with Crippen LogP contribution >= 0.6 is 0 Å². The first kappa shape index (κ1) is 14.8. The summed E-state index contributed by atoms with van der Waals surface area (Å²) in [5.74, 6) is 1.30. The van der Waals surface area contributed by atoms with Gasteiger partial charge >= 0.3 is 6.09 Å². The Balaban J connectivity index is 1.77. The molecule has 23 heavy (non-hydrogen) atoms. The number of anilines is 3. The highest BCUT2D eigenvalue weighted by Gasteiger charge is 2.06. The Morgan fingerprint density at radius 1 is 1.26 bits per heavy atom. The minimum absolute atomic E-state index is 0.334. The highest BCUT2D eigenvalue weighted by Crippen LogP contribution is 2.19. The van der Waals surface area contributed by atoms with Crippen molar-refractivity contribution >= 4 is 29.1 Å². The van der Waals surface area contributed by atoms with E-state index in [4.69, 9.17) is 4.74 Å².